The summed E-state index contributed by atoms with van der Waals surface area (Å²) in [5.41, 5.74) is 0.444. The molecule has 134 valence electrons. The molecule has 0 saturated carbocycles. The third kappa shape index (κ3) is 3.11. The Morgan fingerprint density at radius 2 is 1.85 bits per heavy atom. The van der Waals surface area contributed by atoms with Crippen LogP contribution in [0.15, 0.2) is 47.3 Å². The maximum absolute atomic E-state index is 12.9. The molecule has 3 aromatic rings. The third-order valence-electron chi connectivity index (χ3n) is 4.04. The van der Waals surface area contributed by atoms with E-state index in [4.69, 9.17) is 9.47 Å². The Labute approximate surface area is 150 Å². The Hall–Kier alpha value is -3.35. The van der Waals surface area contributed by atoms with Gasteiger partial charge in [0.25, 0.3) is 11.5 Å². The van der Waals surface area contributed by atoms with E-state index in [2.05, 4.69) is 10.4 Å². The van der Waals surface area contributed by atoms with E-state index >= 15 is 0 Å². The highest BCUT2D eigenvalue weighted by Crippen LogP contribution is 2.29. The molecule has 1 heterocycles. The Kier molecular flexibility index (Phi) is 4.88. The molecule has 2 aromatic carbocycles. The molecule has 0 aliphatic carbocycles. The lowest BCUT2D eigenvalue weighted by molar-refractivity contribution is 0.102. The molecule has 0 spiro atoms. The molecule has 1 amide bonds. The van der Waals surface area contributed by atoms with Crippen LogP contribution in [0.4, 0.5) is 5.69 Å². The summed E-state index contributed by atoms with van der Waals surface area (Å²) in [6.07, 6.45) is 0. The summed E-state index contributed by atoms with van der Waals surface area (Å²) in [5.74, 6) is 0.653. The van der Waals surface area contributed by atoms with Crippen molar-refractivity contribution < 1.29 is 14.3 Å². The molecule has 26 heavy (non-hydrogen) atoms. The molecule has 0 radical (unpaired) electrons. The molecule has 0 aliphatic heterocycles. The maximum atomic E-state index is 12.9. The van der Waals surface area contributed by atoms with Crippen LogP contribution in [0.2, 0.25) is 0 Å². The molecule has 0 unspecified atom stereocenters. The molecule has 3 rings (SSSR count). The molecule has 1 N–H and O–H groups in total. The summed E-state index contributed by atoms with van der Waals surface area (Å²) in [4.78, 5) is 25.3. The number of nitrogens with zero attached hydrogens (tertiary/aromatic N) is 2. The summed E-state index contributed by atoms with van der Waals surface area (Å²) in [5, 5.41) is 7.99. The first-order valence-corrected chi connectivity index (χ1v) is 8.12. The van der Waals surface area contributed by atoms with Crippen LogP contribution in [0.1, 0.15) is 17.4 Å². The zero-order valence-corrected chi connectivity index (χ0v) is 14.8. The summed E-state index contributed by atoms with van der Waals surface area (Å²) >= 11 is 0. The van der Waals surface area contributed by atoms with Crippen LogP contribution < -0.4 is 20.3 Å². The van der Waals surface area contributed by atoms with Crippen LogP contribution in [0.5, 0.6) is 11.5 Å². The van der Waals surface area contributed by atoms with Crippen molar-refractivity contribution in [3.05, 3.63) is 58.5 Å². The number of ether oxygens (including phenoxy) is 2. The first-order chi connectivity index (χ1) is 12.6. The van der Waals surface area contributed by atoms with Crippen molar-refractivity contribution >= 4 is 22.4 Å². The zero-order valence-electron chi connectivity index (χ0n) is 14.8. The molecule has 7 heteroatoms. The standard InChI is InChI=1S/C19H19N3O4/c1-4-22-19(24)14-8-6-5-7-13(14)17(21-22)18(23)20-15-10-9-12(25-2)11-16(15)26-3/h5-11H,4H2,1-3H3,(H,20,23). The highest BCUT2D eigenvalue weighted by Gasteiger charge is 2.18. The second kappa shape index (κ2) is 7.26. The SMILES string of the molecule is CCn1nc(C(=O)Nc2ccc(OC)cc2OC)c2ccccc2c1=O. The zero-order chi connectivity index (χ0) is 18.7. The van der Waals surface area contributed by atoms with Gasteiger partial charge in [0.1, 0.15) is 11.5 Å². The number of methoxy groups -OCH3 is 2. The minimum atomic E-state index is -0.424. The van der Waals surface area contributed by atoms with E-state index in [0.29, 0.717) is 34.5 Å². The van der Waals surface area contributed by atoms with Crippen molar-refractivity contribution in [1.29, 1.82) is 0 Å². The van der Waals surface area contributed by atoms with E-state index in [-0.39, 0.29) is 11.3 Å². The van der Waals surface area contributed by atoms with Gasteiger partial charge in [-0.05, 0) is 25.1 Å². The molecule has 0 saturated heterocycles. The Morgan fingerprint density at radius 3 is 2.50 bits per heavy atom. The Morgan fingerprint density at radius 1 is 1.12 bits per heavy atom. The average Bonchev–Trinajstić information content (AvgIpc) is 2.68. The van der Waals surface area contributed by atoms with Crippen LogP contribution in [-0.4, -0.2) is 29.9 Å². The summed E-state index contributed by atoms with van der Waals surface area (Å²) in [6.45, 7) is 2.17. The van der Waals surface area contributed by atoms with Crippen molar-refractivity contribution in [2.75, 3.05) is 19.5 Å². The number of aromatic nitrogens is 2. The van der Waals surface area contributed by atoms with Gasteiger partial charge in [-0.2, -0.15) is 5.10 Å². The molecule has 7 nitrogen and oxygen atoms in total. The number of amides is 1. The topological polar surface area (TPSA) is 82.5 Å². The van der Waals surface area contributed by atoms with Crippen LogP contribution in [-0.2, 0) is 6.54 Å². The number of carbonyl (C=O) groups excluding carboxylic acids is 1. The predicted molar refractivity (Wildman–Crippen MR) is 99.2 cm³/mol. The van der Waals surface area contributed by atoms with Gasteiger partial charge in [0.15, 0.2) is 5.69 Å². The van der Waals surface area contributed by atoms with Gasteiger partial charge in [0.2, 0.25) is 0 Å². The highest BCUT2D eigenvalue weighted by atomic mass is 16.5. The number of nitrogens with one attached hydrogen (secondary N) is 1. The Balaban J connectivity index is 2.06. The first kappa shape index (κ1) is 17.5. The maximum Gasteiger partial charge on any atom is 0.276 e. The van der Waals surface area contributed by atoms with Gasteiger partial charge in [0, 0.05) is 18.0 Å². The van der Waals surface area contributed by atoms with E-state index in [0.717, 1.165) is 0 Å². The smallest absolute Gasteiger partial charge is 0.276 e. The van der Waals surface area contributed by atoms with Crippen LogP contribution in [0.25, 0.3) is 10.8 Å². The summed E-state index contributed by atoms with van der Waals surface area (Å²) in [6, 6.07) is 12.0. The predicted octanol–water partition coefficient (Wildman–Crippen LogP) is 2.69. The lowest BCUT2D eigenvalue weighted by Crippen LogP contribution is -2.27. The number of aryl methyl sites for hydroxylation is 1. The lowest BCUT2D eigenvalue weighted by Gasteiger charge is -2.13. The number of rotatable bonds is 5. The third-order valence-corrected chi connectivity index (χ3v) is 4.04. The van der Waals surface area contributed by atoms with E-state index in [1.54, 1.807) is 56.5 Å². The van der Waals surface area contributed by atoms with E-state index in [1.165, 1.54) is 11.8 Å². The van der Waals surface area contributed by atoms with Crippen LogP contribution in [0, 0.1) is 0 Å². The summed E-state index contributed by atoms with van der Waals surface area (Å²) < 4.78 is 11.7. The molecule has 0 bridgehead atoms. The van der Waals surface area contributed by atoms with E-state index in [9.17, 15) is 9.59 Å². The Bertz CT molecular complexity index is 1030. The number of anilines is 1. The largest absolute Gasteiger partial charge is 0.497 e. The highest BCUT2D eigenvalue weighted by molar-refractivity contribution is 6.11. The van der Waals surface area contributed by atoms with Crippen molar-refractivity contribution in [1.82, 2.24) is 9.78 Å². The molecule has 0 aliphatic rings. The minimum Gasteiger partial charge on any atom is -0.497 e. The molecular formula is C19H19N3O4. The monoisotopic (exact) mass is 353 g/mol. The molecule has 1 aromatic heterocycles. The molecule has 0 fully saturated rings. The van der Waals surface area contributed by atoms with Crippen molar-refractivity contribution in [2.24, 2.45) is 0 Å². The second-order valence-corrected chi connectivity index (χ2v) is 5.54. The second-order valence-electron chi connectivity index (χ2n) is 5.54. The number of hydrogen-bond acceptors (Lipinski definition) is 5. The lowest BCUT2D eigenvalue weighted by atomic mass is 10.1. The van der Waals surface area contributed by atoms with Gasteiger partial charge in [0.05, 0.1) is 25.3 Å². The number of benzene rings is 2. The fourth-order valence-corrected chi connectivity index (χ4v) is 2.70. The van der Waals surface area contributed by atoms with Gasteiger partial charge in [-0.15, -0.1) is 0 Å². The molecule has 0 atom stereocenters. The van der Waals surface area contributed by atoms with Gasteiger partial charge >= 0.3 is 0 Å². The number of hydrogen-bond donors (Lipinski definition) is 1. The average molecular weight is 353 g/mol. The number of carbonyl (C=O) groups is 1. The minimum absolute atomic E-state index is 0.180. The summed E-state index contributed by atoms with van der Waals surface area (Å²) in [7, 11) is 3.06. The fraction of sp³-hybridized carbons (Fsp3) is 0.211. The van der Waals surface area contributed by atoms with Gasteiger partial charge < -0.3 is 14.8 Å². The van der Waals surface area contributed by atoms with Crippen molar-refractivity contribution in [3.63, 3.8) is 0 Å². The number of fused-ring (bicyclic) bond motifs is 1. The van der Waals surface area contributed by atoms with E-state index < -0.39 is 5.91 Å². The van der Waals surface area contributed by atoms with Crippen LogP contribution in [0.3, 0.4) is 0 Å². The van der Waals surface area contributed by atoms with E-state index in [1.807, 2.05) is 0 Å². The van der Waals surface area contributed by atoms with Gasteiger partial charge in [-0.3, -0.25) is 9.59 Å². The fourth-order valence-electron chi connectivity index (χ4n) is 2.70. The normalized spacial score (nSPS) is 10.6. The quantitative estimate of drug-likeness (QED) is 0.762. The molecular weight excluding hydrogens is 334 g/mol. The van der Waals surface area contributed by atoms with Gasteiger partial charge in [-0.1, -0.05) is 18.2 Å². The van der Waals surface area contributed by atoms with Crippen molar-refractivity contribution in [3.8, 4) is 11.5 Å². The first-order valence-electron chi connectivity index (χ1n) is 8.12. The van der Waals surface area contributed by atoms with Crippen LogP contribution >= 0.6 is 0 Å². The van der Waals surface area contributed by atoms with Gasteiger partial charge in [-0.25, -0.2) is 4.68 Å². The van der Waals surface area contributed by atoms with Crippen molar-refractivity contribution in [2.45, 2.75) is 13.5 Å².